The van der Waals surface area contributed by atoms with Gasteiger partial charge in [-0.15, -0.1) is 0 Å². The molecule has 3 aromatic rings. The van der Waals surface area contributed by atoms with E-state index in [1.54, 1.807) is 42.5 Å². The van der Waals surface area contributed by atoms with E-state index >= 15 is 0 Å². The minimum Gasteiger partial charge on any atom is -0.478 e. The van der Waals surface area contributed by atoms with Crippen LogP contribution in [-0.4, -0.2) is 19.5 Å². The standard InChI is InChI=1S/C23H21NO4S/c25-23(26)21-13-11-19(12-14-21)9-10-20-7-4-8-22(17-20)24-29(27,28)16-15-18-5-2-1-3-6-18/h1-8,11-17,24H,9-10H2,(H,25,26)/b16-15+. The minimum atomic E-state index is -3.62. The van der Waals surface area contributed by atoms with Crippen molar-refractivity contribution in [3.05, 3.63) is 107 Å². The number of carboxylic acid groups (broad SMARTS) is 1. The summed E-state index contributed by atoms with van der Waals surface area (Å²) >= 11 is 0. The van der Waals surface area contributed by atoms with Crippen molar-refractivity contribution >= 4 is 27.8 Å². The summed E-state index contributed by atoms with van der Waals surface area (Å²) in [6.07, 6.45) is 2.98. The van der Waals surface area contributed by atoms with Crippen molar-refractivity contribution in [2.24, 2.45) is 0 Å². The Hall–Kier alpha value is -3.38. The van der Waals surface area contributed by atoms with Gasteiger partial charge in [-0.25, -0.2) is 13.2 Å². The van der Waals surface area contributed by atoms with Gasteiger partial charge in [0.2, 0.25) is 0 Å². The molecule has 0 aliphatic carbocycles. The Labute approximate surface area is 170 Å². The van der Waals surface area contributed by atoms with E-state index in [4.69, 9.17) is 5.11 Å². The summed E-state index contributed by atoms with van der Waals surface area (Å²) in [6.45, 7) is 0. The van der Waals surface area contributed by atoms with Crippen LogP contribution in [0.4, 0.5) is 5.69 Å². The molecule has 29 heavy (non-hydrogen) atoms. The van der Waals surface area contributed by atoms with Crippen molar-refractivity contribution in [3.8, 4) is 0 Å². The van der Waals surface area contributed by atoms with Crippen LogP contribution < -0.4 is 4.72 Å². The number of nitrogens with one attached hydrogen (secondary N) is 1. The monoisotopic (exact) mass is 407 g/mol. The number of aryl methyl sites for hydroxylation is 2. The smallest absolute Gasteiger partial charge is 0.335 e. The molecule has 0 saturated heterocycles. The summed E-state index contributed by atoms with van der Waals surface area (Å²) in [7, 11) is -3.62. The van der Waals surface area contributed by atoms with E-state index in [9.17, 15) is 13.2 Å². The van der Waals surface area contributed by atoms with E-state index in [0.29, 0.717) is 12.1 Å². The van der Waals surface area contributed by atoms with Gasteiger partial charge in [-0.1, -0.05) is 54.6 Å². The quantitative estimate of drug-likeness (QED) is 0.572. The number of rotatable bonds is 8. The Bertz CT molecular complexity index is 1110. The molecule has 148 valence electrons. The molecule has 0 radical (unpaired) electrons. The Balaban J connectivity index is 1.63. The van der Waals surface area contributed by atoms with Crippen LogP contribution in [0.5, 0.6) is 0 Å². The third kappa shape index (κ3) is 6.33. The first-order valence-electron chi connectivity index (χ1n) is 9.08. The molecular formula is C23H21NO4S. The first kappa shape index (κ1) is 20.4. The highest BCUT2D eigenvalue weighted by atomic mass is 32.2. The summed E-state index contributed by atoms with van der Waals surface area (Å²) in [5.41, 5.74) is 3.57. The fraction of sp³-hybridized carbons (Fsp3) is 0.0870. The number of carboxylic acids is 1. The molecule has 0 bridgehead atoms. The maximum absolute atomic E-state index is 12.3. The molecule has 5 nitrogen and oxygen atoms in total. The van der Waals surface area contributed by atoms with Gasteiger partial charge in [0, 0.05) is 5.69 Å². The van der Waals surface area contributed by atoms with Crippen LogP contribution in [0.25, 0.3) is 6.08 Å². The average Bonchev–Trinajstić information content (AvgIpc) is 2.72. The molecule has 0 saturated carbocycles. The van der Waals surface area contributed by atoms with E-state index in [1.807, 2.05) is 42.5 Å². The predicted molar refractivity (Wildman–Crippen MR) is 115 cm³/mol. The molecule has 0 heterocycles. The van der Waals surface area contributed by atoms with Gasteiger partial charge in [-0.2, -0.15) is 0 Å². The third-order valence-electron chi connectivity index (χ3n) is 4.33. The van der Waals surface area contributed by atoms with E-state index < -0.39 is 16.0 Å². The Morgan fingerprint density at radius 2 is 1.55 bits per heavy atom. The fourth-order valence-corrected chi connectivity index (χ4v) is 3.68. The highest BCUT2D eigenvalue weighted by molar-refractivity contribution is 7.95. The Morgan fingerprint density at radius 3 is 2.24 bits per heavy atom. The molecular weight excluding hydrogens is 386 g/mol. The second-order valence-corrected chi connectivity index (χ2v) is 8.13. The van der Waals surface area contributed by atoms with E-state index in [2.05, 4.69) is 4.72 Å². The van der Waals surface area contributed by atoms with Crippen molar-refractivity contribution in [1.82, 2.24) is 0 Å². The van der Waals surface area contributed by atoms with Crippen LogP contribution in [-0.2, 0) is 22.9 Å². The first-order chi connectivity index (χ1) is 13.9. The fourth-order valence-electron chi connectivity index (χ4n) is 2.82. The Kier molecular flexibility index (Phi) is 6.46. The summed E-state index contributed by atoms with van der Waals surface area (Å²) in [5.74, 6) is -0.946. The number of sulfonamides is 1. The molecule has 2 N–H and O–H groups in total. The number of benzene rings is 3. The second-order valence-electron chi connectivity index (χ2n) is 6.56. The zero-order valence-electron chi connectivity index (χ0n) is 15.7. The van der Waals surface area contributed by atoms with Gasteiger partial charge in [0.05, 0.1) is 11.0 Å². The lowest BCUT2D eigenvalue weighted by Crippen LogP contribution is -2.09. The average molecular weight is 407 g/mol. The lowest BCUT2D eigenvalue weighted by Gasteiger charge is -2.08. The topological polar surface area (TPSA) is 83.5 Å². The largest absolute Gasteiger partial charge is 0.478 e. The van der Waals surface area contributed by atoms with Gasteiger partial charge in [0.1, 0.15) is 0 Å². The molecule has 6 heteroatoms. The molecule has 3 rings (SSSR count). The normalized spacial score (nSPS) is 11.4. The van der Waals surface area contributed by atoms with Gasteiger partial charge >= 0.3 is 5.97 Å². The zero-order valence-corrected chi connectivity index (χ0v) is 16.5. The van der Waals surface area contributed by atoms with Crippen molar-refractivity contribution in [3.63, 3.8) is 0 Å². The van der Waals surface area contributed by atoms with Crippen LogP contribution in [0.1, 0.15) is 27.0 Å². The van der Waals surface area contributed by atoms with Crippen LogP contribution in [0.15, 0.2) is 84.3 Å². The number of hydrogen-bond donors (Lipinski definition) is 2. The summed E-state index contributed by atoms with van der Waals surface area (Å²) < 4.78 is 27.2. The molecule has 0 aromatic heterocycles. The Morgan fingerprint density at radius 1 is 0.862 bits per heavy atom. The molecule has 0 amide bonds. The summed E-state index contributed by atoms with van der Waals surface area (Å²) in [6, 6.07) is 23.2. The second kappa shape index (κ2) is 9.21. The molecule has 0 aliphatic rings. The van der Waals surface area contributed by atoms with E-state index in [-0.39, 0.29) is 5.56 Å². The van der Waals surface area contributed by atoms with Crippen LogP contribution in [0.3, 0.4) is 0 Å². The van der Waals surface area contributed by atoms with Gasteiger partial charge in [0.25, 0.3) is 10.0 Å². The SMILES string of the molecule is O=C(O)c1ccc(CCc2cccc(NS(=O)(=O)/C=C/c3ccccc3)c2)cc1. The number of anilines is 1. The van der Waals surface area contributed by atoms with Crippen molar-refractivity contribution in [1.29, 1.82) is 0 Å². The molecule has 3 aromatic carbocycles. The summed E-state index contributed by atoms with van der Waals surface area (Å²) in [5, 5.41) is 10.1. The van der Waals surface area contributed by atoms with Crippen molar-refractivity contribution in [2.45, 2.75) is 12.8 Å². The van der Waals surface area contributed by atoms with Crippen LogP contribution >= 0.6 is 0 Å². The van der Waals surface area contributed by atoms with E-state index in [1.165, 1.54) is 0 Å². The van der Waals surface area contributed by atoms with Crippen LogP contribution in [0, 0.1) is 0 Å². The minimum absolute atomic E-state index is 0.258. The van der Waals surface area contributed by atoms with Gasteiger partial charge in [-0.05, 0) is 59.9 Å². The lowest BCUT2D eigenvalue weighted by atomic mass is 10.0. The van der Waals surface area contributed by atoms with Gasteiger partial charge in [0.15, 0.2) is 0 Å². The maximum atomic E-state index is 12.3. The molecule has 0 fully saturated rings. The highest BCUT2D eigenvalue weighted by Crippen LogP contribution is 2.16. The third-order valence-corrected chi connectivity index (χ3v) is 5.34. The summed E-state index contributed by atoms with van der Waals surface area (Å²) in [4.78, 5) is 10.9. The van der Waals surface area contributed by atoms with E-state index in [0.717, 1.165) is 28.5 Å². The van der Waals surface area contributed by atoms with Gasteiger partial charge in [-0.3, -0.25) is 4.72 Å². The van der Waals surface area contributed by atoms with Gasteiger partial charge < -0.3 is 5.11 Å². The lowest BCUT2D eigenvalue weighted by molar-refractivity contribution is 0.0697. The predicted octanol–water partition coefficient (Wildman–Crippen LogP) is 4.58. The number of aromatic carboxylic acids is 1. The number of hydrogen-bond acceptors (Lipinski definition) is 3. The molecule has 0 aliphatic heterocycles. The highest BCUT2D eigenvalue weighted by Gasteiger charge is 2.07. The number of carbonyl (C=O) groups is 1. The van der Waals surface area contributed by atoms with Crippen molar-refractivity contribution in [2.75, 3.05) is 4.72 Å². The zero-order chi connectivity index (χ0) is 20.7. The maximum Gasteiger partial charge on any atom is 0.335 e. The molecule has 0 spiro atoms. The van der Waals surface area contributed by atoms with Crippen LogP contribution in [0.2, 0.25) is 0 Å². The first-order valence-corrected chi connectivity index (χ1v) is 10.6. The van der Waals surface area contributed by atoms with Crippen molar-refractivity contribution < 1.29 is 18.3 Å². The molecule has 0 atom stereocenters. The molecule has 0 unspecified atom stereocenters.